The van der Waals surface area contributed by atoms with E-state index in [1.165, 1.54) is 0 Å². The first kappa shape index (κ1) is 11.6. The Morgan fingerprint density at radius 2 is 2.00 bits per heavy atom. The number of carbonyl (C=O) groups is 2. The van der Waals surface area contributed by atoms with Gasteiger partial charge in [-0.2, -0.15) is 0 Å². The second kappa shape index (κ2) is 4.97. The molecule has 0 bridgehead atoms. The second-order valence-corrected chi connectivity index (χ2v) is 4.15. The van der Waals surface area contributed by atoms with Gasteiger partial charge in [0.2, 0.25) is 11.8 Å². The summed E-state index contributed by atoms with van der Waals surface area (Å²) in [6.45, 7) is 0.492. The largest absolute Gasteiger partial charge is 0.368 e. The molecule has 2 amide bonds. The van der Waals surface area contributed by atoms with Gasteiger partial charge in [-0.05, 0) is 18.6 Å². The average Bonchev–Trinajstić information content (AvgIpc) is 2.79. The van der Waals surface area contributed by atoms with E-state index < -0.39 is 5.91 Å². The second-order valence-electron chi connectivity index (χ2n) is 4.15. The van der Waals surface area contributed by atoms with Crippen molar-refractivity contribution in [1.82, 2.24) is 5.32 Å². The van der Waals surface area contributed by atoms with Crippen molar-refractivity contribution in [3.05, 3.63) is 30.3 Å². The first-order chi connectivity index (χ1) is 8.16. The third-order valence-electron chi connectivity index (χ3n) is 2.89. The number of rotatable bonds is 3. The maximum Gasteiger partial charge on any atom is 0.234 e. The molecule has 1 aliphatic heterocycles. The lowest BCUT2D eigenvalue weighted by Crippen LogP contribution is -2.36. The third kappa shape index (κ3) is 2.82. The number of nitrogens with one attached hydrogen (secondary N) is 2. The highest BCUT2D eigenvalue weighted by Gasteiger charge is 2.32. The van der Waals surface area contributed by atoms with Gasteiger partial charge < -0.3 is 16.4 Å². The summed E-state index contributed by atoms with van der Waals surface area (Å²) in [4.78, 5) is 22.8. The molecule has 1 saturated heterocycles. The lowest BCUT2D eigenvalue weighted by molar-refractivity contribution is -0.120. The smallest absolute Gasteiger partial charge is 0.234 e. The van der Waals surface area contributed by atoms with E-state index in [0.29, 0.717) is 13.0 Å². The van der Waals surface area contributed by atoms with E-state index in [1.807, 2.05) is 30.3 Å². The fourth-order valence-corrected chi connectivity index (χ4v) is 1.92. The summed E-state index contributed by atoms with van der Waals surface area (Å²) in [6.07, 6.45) is 0.466. The van der Waals surface area contributed by atoms with E-state index in [1.54, 1.807) is 0 Å². The monoisotopic (exact) mass is 233 g/mol. The minimum absolute atomic E-state index is 0.0764. The Hall–Kier alpha value is -1.88. The van der Waals surface area contributed by atoms with Crippen LogP contribution in [0.15, 0.2) is 30.3 Å². The topological polar surface area (TPSA) is 84.2 Å². The molecule has 2 rings (SSSR count). The SMILES string of the molecule is NC(=O)C1CC(C(=O)Nc2ccccc2)CN1. The number of anilines is 1. The molecule has 2 unspecified atom stereocenters. The average molecular weight is 233 g/mol. The van der Waals surface area contributed by atoms with Crippen LogP contribution in [0.4, 0.5) is 5.69 Å². The van der Waals surface area contributed by atoms with Gasteiger partial charge in [0, 0.05) is 12.2 Å². The molecule has 0 spiro atoms. The number of amides is 2. The molecule has 2 atom stereocenters. The van der Waals surface area contributed by atoms with Gasteiger partial charge in [-0.3, -0.25) is 9.59 Å². The zero-order valence-corrected chi connectivity index (χ0v) is 9.35. The van der Waals surface area contributed by atoms with E-state index in [-0.39, 0.29) is 17.9 Å². The zero-order chi connectivity index (χ0) is 12.3. The van der Waals surface area contributed by atoms with E-state index in [9.17, 15) is 9.59 Å². The van der Waals surface area contributed by atoms with Gasteiger partial charge in [-0.25, -0.2) is 0 Å². The summed E-state index contributed by atoms with van der Waals surface area (Å²) >= 11 is 0. The summed E-state index contributed by atoms with van der Waals surface area (Å²) in [6, 6.07) is 8.86. The molecular weight excluding hydrogens is 218 g/mol. The number of nitrogens with two attached hydrogens (primary N) is 1. The van der Waals surface area contributed by atoms with Crippen LogP contribution in [0.2, 0.25) is 0 Å². The molecule has 90 valence electrons. The molecule has 0 aliphatic carbocycles. The van der Waals surface area contributed by atoms with Gasteiger partial charge in [0.1, 0.15) is 0 Å². The van der Waals surface area contributed by atoms with Gasteiger partial charge in [0.25, 0.3) is 0 Å². The van der Waals surface area contributed by atoms with E-state index in [0.717, 1.165) is 5.69 Å². The normalized spacial score (nSPS) is 23.3. The number of para-hydroxylation sites is 1. The predicted octanol–water partition coefficient (Wildman–Crippen LogP) is 0.0885. The molecule has 1 aromatic rings. The van der Waals surface area contributed by atoms with Crippen molar-refractivity contribution in [1.29, 1.82) is 0 Å². The van der Waals surface area contributed by atoms with Crippen LogP contribution in [0.1, 0.15) is 6.42 Å². The van der Waals surface area contributed by atoms with Gasteiger partial charge in [0.15, 0.2) is 0 Å². The molecule has 1 fully saturated rings. The first-order valence-corrected chi connectivity index (χ1v) is 5.55. The first-order valence-electron chi connectivity index (χ1n) is 5.55. The minimum atomic E-state index is -0.403. The summed E-state index contributed by atoms with van der Waals surface area (Å²) in [7, 11) is 0. The summed E-state index contributed by atoms with van der Waals surface area (Å²) in [5.74, 6) is -0.680. The van der Waals surface area contributed by atoms with Gasteiger partial charge in [-0.15, -0.1) is 0 Å². The molecule has 4 N–H and O–H groups in total. The molecule has 0 aromatic heterocycles. The van der Waals surface area contributed by atoms with Crippen molar-refractivity contribution in [2.45, 2.75) is 12.5 Å². The Bertz CT molecular complexity index is 419. The number of benzene rings is 1. The van der Waals surface area contributed by atoms with Crippen LogP contribution in [0.5, 0.6) is 0 Å². The molecule has 0 saturated carbocycles. The van der Waals surface area contributed by atoms with Crippen molar-refractivity contribution in [2.24, 2.45) is 11.7 Å². The molecule has 1 aliphatic rings. The van der Waals surface area contributed by atoms with E-state index in [4.69, 9.17) is 5.73 Å². The lowest BCUT2D eigenvalue weighted by Gasteiger charge is -2.09. The maximum atomic E-state index is 11.9. The maximum absolute atomic E-state index is 11.9. The van der Waals surface area contributed by atoms with Crippen LogP contribution in [0.25, 0.3) is 0 Å². The quantitative estimate of drug-likeness (QED) is 0.691. The number of primary amides is 1. The van der Waals surface area contributed by atoms with Gasteiger partial charge >= 0.3 is 0 Å². The van der Waals surface area contributed by atoms with Crippen LogP contribution >= 0.6 is 0 Å². The molecular formula is C12H15N3O2. The number of hydrogen-bond acceptors (Lipinski definition) is 3. The van der Waals surface area contributed by atoms with Crippen molar-refractivity contribution >= 4 is 17.5 Å². The number of carbonyl (C=O) groups excluding carboxylic acids is 2. The molecule has 5 nitrogen and oxygen atoms in total. The third-order valence-corrected chi connectivity index (χ3v) is 2.89. The Morgan fingerprint density at radius 3 is 2.59 bits per heavy atom. The Balaban J connectivity index is 1.92. The highest BCUT2D eigenvalue weighted by molar-refractivity contribution is 5.94. The zero-order valence-electron chi connectivity index (χ0n) is 9.35. The molecule has 1 heterocycles. The van der Waals surface area contributed by atoms with Crippen molar-refractivity contribution in [3.63, 3.8) is 0 Å². The Morgan fingerprint density at radius 1 is 1.29 bits per heavy atom. The molecule has 0 radical (unpaired) electrons. The van der Waals surface area contributed by atoms with E-state index in [2.05, 4.69) is 10.6 Å². The Kier molecular flexibility index (Phi) is 3.39. The lowest BCUT2D eigenvalue weighted by atomic mass is 10.0. The van der Waals surface area contributed by atoms with Crippen molar-refractivity contribution in [3.8, 4) is 0 Å². The van der Waals surface area contributed by atoms with Crippen LogP contribution in [0.3, 0.4) is 0 Å². The Labute approximate surface area is 99.4 Å². The minimum Gasteiger partial charge on any atom is -0.368 e. The summed E-state index contributed by atoms with van der Waals surface area (Å²) in [5.41, 5.74) is 5.94. The fraction of sp³-hybridized carbons (Fsp3) is 0.333. The molecule has 5 heteroatoms. The van der Waals surface area contributed by atoms with Crippen LogP contribution in [-0.2, 0) is 9.59 Å². The van der Waals surface area contributed by atoms with Gasteiger partial charge in [-0.1, -0.05) is 18.2 Å². The van der Waals surface area contributed by atoms with Crippen molar-refractivity contribution < 1.29 is 9.59 Å². The van der Waals surface area contributed by atoms with E-state index >= 15 is 0 Å². The van der Waals surface area contributed by atoms with Crippen LogP contribution in [-0.4, -0.2) is 24.4 Å². The summed E-state index contributed by atoms with van der Waals surface area (Å²) in [5, 5.41) is 5.75. The predicted molar refractivity (Wildman–Crippen MR) is 64.2 cm³/mol. The highest BCUT2D eigenvalue weighted by atomic mass is 16.2. The van der Waals surface area contributed by atoms with Gasteiger partial charge in [0.05, 0.1) is 12.0 Å². The molecule has 1 aromatic carbocycles. The standard InChI is InChI=1S/C12H15N3O2/c13-11(16)10-6-8(7-14-10)12(17)15-9-4-2-1-3-5-9/h1-5,8,10,14H,6-7H2,(H2,13,16)(H,15,17). The summed E-state index contributed by atoms with van der Waals surface area (Å²) < 4.78 is 0. The highest BCUT2D eigenvalue weighted by Crippen LogP contribution is 2.16. The van der Waals surface area contributed by atoms with Crippen molar-refractivity contribution in [2.75, 3.05) is 11.9 Å². The van der Waals surface area contributed by atoms with Crippen LogP contribution in [0, 0.1) is 5.92 Å². The fourth-order valence-electron chi connectivity index (χ4n) is 1.92. The van der Waals surface area contributed by atoms with Crippen LogP contribution < -0.4 is 16.4 Å². The molecule has 17 heavy (non-hydrogen) atoms. The number of hydrogen-bond donors (Lipinski definition) is 3.